The van der Waals surface area contributed by atoms with E-state index >= 15 is 0 Å². The van der Waals surface area contributed by atoms with Gasteiger partial charge in [-0.15, -0.1) is 11.3 Å². The summed E-state index contributed by atoms with van der Waals surface area (Å²) in [6.45, 7) is 0. The van der Waals surface area contributed by atoms with E-state index in [0.717, 1.165) is 11.3 Å². The molecule has 0 spiro atoms. The number of thiophene rings is 1. The molecule has 2 rings (SSSR count). The van der Waals surface area contributed by atoms with Gasteiger partial charge >= 0.3 is 12.0 Å². The Hall–Kier alpha value is -2.35. The number of rotatable bonds is 3. The maximum Gasteiger partial charge on any atom is 0.338 e. The number of carbonyl (C=O) groups is 2. The van der Waals surface area contributed by atoms with Gasteiger partial charge in [-0.1, -0.05) is 0 Å². The predicted molar refractivity (Wildman–Crippen MR) is 67.1 cm³/mol. The van der Waals surface area contributed by atoms with Gasteiger partial charge in [0.05, 0.1) is 5.56 Å². The minimum atomic E-state index is -1.08. The zero-order chi connectivity index (χ0) is 13.1. The predicted octanol–water partition coefficient (Wildman–Crippen LogP) is 1.82. The Bertz CT molecular complexity index is 589. The number of aryl methyl sites for hydroxylation is 1. The van der Waals surface area contributed by atoms with Gasteiger partial charge in [-0.05, 0) is 11.4 Å². The number of carbonyl (C=O) groups excluding carboxylic acids is 1. The SMILES string of the molecule is Cn1ccc(NC(=O)Nc2sccc2C(=O)O)n1. The van der Waals surface area contributed by atoms with E-state index in [2.05, 4.69) is 15.7 Å². The molecule has 0 saturated heterocycles. The van der Waals surface area contributed by atoms with E-state index in [1.807, 2.05) is 0 Å². The second kappa shape index (κ2) is 4.88. The summed E-state index contributed by atoms with van der Waals surface area (Å²) >= 11 is 1.14. The quantitative estimate of drug-likeness (QED) is 0.789. The Labute approximate surface area is 106 Å². The number of nitrogens with zero attached hydrogens (tertiary/aromatic N) is 2. The highest BCUT2D eigenvalue weighted by Gasteiger charge is 2.14. The number of hydrogen-bond donors (Lipinski definition) is 3. The smallest absolute Gasteiger partial charge is 0.338 e. The van der Waals surface area contributed by atoms with Gasteiger partial charge in [-0.2, -0.15) is 5.10 Å². The molecular weight excluding hydrogens is 256 g/mol. The minimum absolute atomic E-state index is 0.0659. The highest BCUT2D eigenvalue weighted by molar-refractivity contribution is 7.14. The molecule has 2 aromatic heterocycles. The molecule has 18 heavy (non-hydrogen) atoms. The van der Waals surface area contributed by atoms with Gasteiger partial charge in [-0.3, -0.25) is 15.3 Å². The van der Waals surface area contributed by atoms with Crippen LogP contribution in [0.5, 0.6) is 0 Å². The first-order valence-corrected chi connectivity index (χ1v) is 5.82. The number of aromatic nitrogens is 2. The first kappa shape index (κ1) is 12.1. The second-order valence-electron chi connectivity index (χ2n) is 3.42. The first-order chi connectivity index (χ1) is 8.56. The summed E-state index contributed by atoms with van der Waals surface area (Å²) in [6.07, 6.45) is 1.68. The van der Waals surface area contributed by atoms with Crippen molar-refractivity contribution in [3.05, 3.63) is 29.3 Å². The van der Waals surface area contributed by atoms with E-state index < -0.39 is 12.0 Å². The van der Waals surface area contributed by atoms with Crippen LogP contribution in [0.1, 0.15) is 10.4 Å². The molecule has 2 amide bonds. The lowest BCUT2D eigenvalue weighted by atomic mass is 10.3. The molecule has 2 aromatic rings. The van der Waals surface area contributed by atoms with E-state index in [4.69, 9.17) is 5.11 Å². The number of carboxylic acids is 1. The average molecular weight is 266 g/mol. The monoisotopic (exact) mass is 266 g/mol. The van der Waals surface area contributed by atoms with Crippen molar-refractivity contribution in [2.45, 2.75) is 0 Å². The standard InChI is InChI=1S/C10H10N4O3S/c1-14-4-2-7(13-14)11-10(17)12-8-6(9(15)16)3-5-18-8/h2-5H,1H3,(H,15,16)(H2,11,12,13,17). The zero-order valence-corrected chi connectivity index (χ0v) is 10.2. The largest absolute Gasteiger partial charge is 0.478 e. The van der Waals surface area contributed by atoms with Crippen molar-refractivity contribution in [2.24, 2.45) is 7.05 Å². The molecule has 0 aliphatic carbocycles. The van der Waals surface area contributed by atoms with E-state index in [1.165, 1.54) is 6.07 Å². The Morgan fingerprint density at radius 2 is 2.17 bits per heavy atom. The van der Waals surface area contributed by atoms with Crippen molar-refractivity contribution in [2.75, 3.05) is 10.6 Å². The summed E-state index contributed by atoms with van der Waals surface area (Å²) in [5.74, 6) is -0.687. The summed E-state index contributed by atoms with van der Waals surface area (Å²) in [4.78, 5) is 22.5. The summed E-state index contributed by atoms with van der Waals surface area (Å²) < 4.78 is 1.55. The molecule has 8 heteroatoms. The van der Waals surface area contributed by atoms with Gasteiger partial charge in [-0.25, -0.2) is 9.59 Å². The van der Waals surface area contributed by atoms with E-state index in [1.54, 1.807) is 29.4 Å². The van der Waals surface area contributed by atoms with Crippen molar-refractivity contribution in [3.8, 4) is 0 Å². The molecule has 94 valence electrons. The molecular formula is C10H10N4O3S. The van der Waals surface area contributed by atoms with Crippen molar-refractivity contribution in [3.63, 3.8) is 0 Å². The summed E-state index contributed by atoms with van der Waals surface area (Å²) in [6, 6.07) is 2.54. The van der Waals surface area contributed by atoms with Crippen LogP contribution in [-0.2, 0) is 7.05 Å². The Balaban J connectivity index is 2.03. The summed E-state index contributed by atoms with van der Waals surface area (Å²) in [5, 5.41) is 19.7. The fraction of sp³-hybridized carbons (Fsp3) is 0.100. The molecule has 2 heterocycles. The number of anilines is 2. The van der Waals surface area contributed by atoms with Crippen LogP contribution in [0.25, 0.3) is 0 Å². The lowest BCUT2D eigenvalue weighted by molar-refractivity contribution is 0.0698. The van der Waals surface area contributed by atoms with Gasteiger partial charge in [0, 0.05) is 19.3 Å². The fourth-order valence-electron chi connectivity index (χ4n) is 1.31. The average Bonchev–Trinajstić information content (AvgIpc) is 2.87. The van der Waals surface area contributed by atoms with Gasteiger partial charge in [0.15, 0.2) is 5.82 Å². The van der Waals surface area contributed by atoms with Gasteiger partial charge in [0.2, 0.25) is 0 Å². The number of urea groups is 1. The Kier molecular flexibility index (Phi) is 3.28. The molecule has 0 atom stereocenters. The third kappa shape index (κ3) is 2.66. The lowest BCUT2D eigenvalue weighted by Gasteiger charge is -2.04. The Morgan fingerprint density at radius 3 is 2.78 bits per heavy atom. The van der Waals surface area contributed by atoms with Crippen molar-refractivity contribution < 1.29 is 14.7 Å². The third-order valence-corrected chi connectivity index (χ3v) is 2.91. The number of aromatic carboxylic acids is 1. The highest BCUT2D eigenvalue weighted by atomic mass is 32.1. The lowest BCUT2D eigenvalue weighted by Crippen LogP contribution is -2.20. The topological polar surface area (TPSA) is 96.2 Å². The van der Waals surface area contributed by atoms with Crippen LogP contribution in [0, 0.1) is 0 Å². The number of nitrogens with one attached hydrogen (secondary N) is 2. The zero-order valence-electron chi connectivity index (χ0n) is 9.38. The molecule has 7 nitrogen and oxygen atoms in total. The van der Waals surface area contributed by atoms with E-state index in [9.17, 15) is 9.59 Å². The van der Waals surface area contributed by atoms with Gasteiger partial charge in [0.1, 0.15) is 5.00 Å². The van der Waals surface area contributed by atoms with Crippen molar-refractivity contribution >= 4 is 34.2 Å². The molecule has 0 unspecified atom stereocenters. The van der Waals surface area contributed by atoms with Crippen LogP contribution in [0.2, 0.25) is 0 Å². The molecule has 0 fully saturated rings. The third-order valence-electron chi connectivity index (χ3n) is 2.08. The van der Waals surface area contributed by atoms with Crippen LogP contribution in [0.4, 0.5) is 15.6 Å². The fourth-order valence-corrected chi connectivity index (χ4v) is 2.08. The van der Waals surface area contributed by atoms with Gasteiger partial charge < -0.3 is 5.11 Å². The Morgan fingerprint density at radius 1 is 1.39 bits per heavy atom. The number of carboxylic acid groups (broad SMARTS) is 1. The van der Waals surface area contributed by atoms with Gasteiger partial charge in [0.25, 0.3) is 0 Å². The van der Waals surface area contributed by atoms with Crippen LogP contribution < -0.4 is 10.6 Å². The molecule has 3 N–H and O–H groups in total. The molecule has 0 aliphatic rings. The molecule has 0 aromatic carbocycles. The van der Waals surface area contributed by atoms with Crippen molar-refractivity contribution in [1.82, 2.24) is 9.78 Å². The molecule has 0 aliphatic heterocycles. The number of amides is 2. The van der Waals surface area contributed by atoms with E-state index in [0.29, 0.717) is 5.82 Å². The summed E-state index contributed by atoms with van der Waals surface area (Å²) in [5.41, 5.74) is 0.0659. The van der Waals surface area contributed by atoms with Crippen LogP contribution in [0.3, 0.4) is 0 Å². The van der Waals surface area contributed by atoms with Crippen LogP contribution >= 0.6 is 11.3 Å². The normalized spacial score (nSPS) is 10.1. The maximum atomic E-state index is 11.6. The highest BCUT2D eigenvalue weighted by Crippen LogP contribution is 2.23. The molecule has 0 saturated carbocycles. The number of hydrogen-bond acceptors (Lipinski definition) is 4. The minimum Gasteiger partial charge on any atom is -0.478 e. The maximum absolute atomic E-state index is 11.6. The van der Waals surface area contributed by atoms with E-state index in [-0.39, 0.29) is 10.6 Å². The second-order valence-corrected chi connectivity index (χ2v) is 4.34. The first-order valence-electron chi connectivity index (χ1n) is 4.94. The summed E-state index contributed by atoms with van der Waals surface area (Å²) in [7, 11) is 1.73. The molecule has 0 radical (unpaired) electrons. The van der Waals surface area contributed by atoms with Crippen LogP contribution in [-0.4, -0.2) is 26.9 Å². The van der Waals surface area contributed by atoms with Crippen molar-refractivity contribution in [1.29, 1.82) is 0 Å². The molecule has 0 bridgehead atoms. The van der Waals surface area contributed by atoms with Crippen LogP contribution in [0.15, 0.2) is 23.7 Å².